The van der Waals surface area contributed by atoms with Gasteiger partial charge in [0, 0.05) is 20.1 Å². The maximum Gasteiger partial charge on any atom is 0.256 e. The van der Waals surface area contributed by atoms with Crippen molar-refractivity contribution in [3.8, 4) is 0 Å². The summed E-state index contributed by atoms with van der Waals surface area (Å²) in [4.78, 5) is 14.2. The predicted molar refractivity (Wildman–Crippen MR) is 76.5 cm³/mol. The van der Waals surface area contributed by atoms with Crippen LogP contribution in [0.1, 0.15) is 36.7 Å². The molecule has 0 bridgehead atoms. The number of halogens is 2. The Morgan fingerprint density at radius 3 is 2.56 bits per heavy atom. The Morgan fingerprint density at radius 2 is 2.00 bits per heavy atom. The molecular weight excluding hydrogens is 381 g/mol. The first-order chi connectivity index (χ1) is 7.30. The molecule has 86 valence electrons. The molecule has 0 radical (unpaired) electrons. The maximum absolute atomic E-state index is 12.3. The smallest absolute Gasteiger partial charge is 0.256 e. The molecule has 16 heavy (non-hydrogen) atoms. The molecule has 0 atom stereocenters. The normalized spacial score (nSPS) is 15.6. The predicted octanol–water partition coefficient (Wildman–Crippen LogP) is 3.81. The molecule has 4 heteroatoms. The number of hydrogen-bond acceptors (Lipinski definition) is 1. The second-order valence-electron chi connectivity index (χ2n) is 4.98. The van der Waals surface area contributed by atoms with Crippen LogP contribution >= 0.6 is 38.5 Å². The van der Waals surface area contributed by atoms with E-state index < -0.39 is 0 Å². The van der Waals surface area contributed by atoms with Crippen molar-refractivity contribution in [3.63, 3.8) is 0 Å². The average molecular weight is 394 g/mol. The molecule has 0 saturated carbocycles. The summed E-state index contributed by atoms with van der Waals surface area (Å²) in [6.45, 7) is 6.92. The number of hydrogen-bond donors (Lipinski definition) is 0. The summed E-state index contributed by atoms with van der Waals surface area (Å²) in [5, 5.41) is 0. The standard InChI is InChI=1S/C12H13BrINO/c1-12(2,3)15-6-7-4-8(13)5-9(14)10(7)11(15)16/h4-5H,6H2,1-3H3. The highest BCUT2D eigenvalue weighted by Crippen LogP contribution is 2.33. The van der Waals surface area contributed by atoms with E-state index in [1.807, 2.05) is 17.0 Å². The van der Waals surface area contributed by atoms with Crippen LogP contribution in [0.4, 0.5) is 0 Å². The molecule has 2 rings (SSSR count). The summed E-state index contributed by atoms with van der Waals surface area (Å²) in [6, 6.07) is 4.03. The quantitative estimate of drug-likeness (QED) is 0.614. The van der Waals surface area contributed by atoms with Gasteiger partial charge in [0.2, 0.25) is 0 Å². The Kier molecular flexibility index (Phi) is 3.07. The molecule has 1 aromatic rings. The van der Waals surface area contributed by atoms with E-state index in [0.717, 1.165) is 19.2 Å². The zero-order chi connectivity index (χ0) is 12.1. The summed E-state index contributed by atoms with van der Waals surface area (Å²) in [5.74, 6) is 0.152. The fraction of sp³-hybridized carbons (Fsp3) is 0.417. The Bertz CT molecular complexity index is 465. The second-order valence-corrected chi connectivity index (χ2v) is 7.06. The number of nitrogens with zero attached hydrogens (tertiary/aromatic N) is 1. The Morgan fingerprint density at radius 1 is 1.38 bits per heavy atom. The van der Waals surface area contributed by atoms with Crippen molar-refractivity contribution in [2.75, 3.05) is 0 Å². The third-order valence-electron chi connectivity index (χ3n) is 2.73. The first kappa shape index (κ1) is 12.4. The van der Waals surface area contributed by atoms with Crippen LogP contribution in [-0.2, 0) is 6.54 Å². The van der Waals surface area contributed by atoms with Gasteiger partial charge in [0.1, 0.15) is 0 Å². The van der Waals surface area contributed by atoms with E-state index in [4.69, 9.17) is 0 Å². The average Bonchev–Trinajstić information content (AvgIpc) is 2.41. The topological polar surface area (TPSA) is 20.3 Å². The molecule has 0 N–H and O–H groups in total. The molecule has 0 fully saturated rings. The first-order valence-electron chi connectivity index (χ1n) is 5.10. The van der Waals surface area contributed by atoms with Crippen molar-refractivity contribution in [2.24, 2.45) is 0 Å². The van der Waals surface area contributed by atoms with Crippen molar-refractivity contribution in [1.82, 2.24) is 4.90 Å². The lowest BCUT2D eigenvalue weighted by atomic mass is 10.1. The van der Waals surface area contributed by atoms with Crippen LogP contribution in [0.15, 0.2) is 16.6 Å². The molecule has 0 aliphatic carbocycles. The molecule has 1 aliphatic heterocycles. The zero-order valence-electron chi connectivity index (χ0n) is 9.47. The Labute approximate surface area is 118 Å². The van der Waals surface area contributed by atoms with Crippen LogP contribution in [0.2, 0.25) is 0 Å². The number of rotatable bonds is 0. The van der Waals surface area contributed by atoms with Crippen LogP contribution in [0.3, 0.4) is 0 Å². The molecule has 1 aliphatic rings. The largest absolute Gasteiger partial charge is 0.329 e. The molecule has 0 aromatic heterocycles. The van der Waals surface area contributed by atoms with E-state index in [1.54, 1.807) is 0 Å². The number of benzene rings is 1. The molecule has 1 amide bonds. The number of carbonyl (C=O) groups excluding carboxylic acids is 1. The molecule has 1 heterocycles. The summed E-state index contributed by atoms with van der Waals surface area (Å²) < 4.78 is 2.07. The van der Waals surface area contributed by atoms with Crippen LogP contribution in [0.5, 0.6) is 0 Å². The third-order valence-corrected chi connectivity index (χ3v) is 4.04. The number of amides is 1. The first-order valence-corrected chi connectivity index (χ1v) is 6.98. The summed E-state index contributed by atoms with van der Waals surface area (Å²) >= 11 is 5.70. The minimum atomic E-state index is -0.119. The van der Waals surface area contributed by atoms with Gasteiger partial charge >= 0.3 is 0 Å². The molecule has 0 unspecified atom stereocenters. The lowest BCUT2D eigenvalue weighted by molar-refractivity contribution is 0.0609. The van der Waals surface area contributed by atoms with Gasteiger partial charge in [0.15, 0.2) is 0 Å². The summed E-state index contributed by atoms with van der Waals surface area (Å²) in [5.41, 5.74) is 1.88. The van der Waals surface area contributed by atoms with Crippen molar-refractivity contribution >= 4 is 44.4 Å². The van der Waals surface area contributed by atoms with Crippen LogP contribution in [-0.4, -0.2) is 16.3 Å². The van der Waals surface area contributed by atoms with E-state index >= 15 is 0 Å². The minimum Gasteiger partial charge on any atom is -0.329 e. The molecule has 0 saturated heterocycles. The Hall–Kier alpha value is -0.100. The fourth-order valence-electron chi connectivity index (χ4n) is 1.91. The molecule has 0 spiro atoms. The lowest BCUT2D eigenvalue weighted by Gasteiger charge is -2.31. The van der Waals surface area contributed by atoms with Gasteiger partial charge in [-0.3, -0.25) is 4.79 Å². The van der Waals surface area contributed by atoms with Gasteiger partial charge in [-0.1, -0.05) is 15.9 Å². The van der Waals surface area contributed by atoms with Gasteiger partial charge in [-0.2, -0.15) is 0 Å². The van der Waals surface area contributed by atoms with Gasteiger partial charge in [0.05, 0.1) is 5.56 Å². The van der Waals surface area contributed by atoms with Gasteiger partial charge in [-0.25, -0.2) is 0 Å². The zero-order valence-corrected chi connectivity index (χ0v) is 13.2. The summed E-state index contributed by atoms with van der Waals surface area (Å²) in [6.07, 6.45) is 0. The van der Waals surface area contributed by atoms with Gasteiger partial charge < -0.3 is 4.90 Å². The van der Waals surface area contributed by atoms with Crippen molar-refractivity contribution < 1.29 is 4.79 Å². The SMILES string of the molecule is CC(C)(C)N1Cc2cc(Br)cc(I)c2C1=O. The van der Waals surface area contributed by atoms with Gasteiger partial charge in [-0.05, 0) is 61.1 Å². The van der Waals surface area contributed by atoms with Crippen molar-refractivity contribution in [2.45, 2.75) is 32.9 Å². The van der Waals surface area contributed by atoms with E-state index in [-0.39, 0.29) is 11.4 Å². The monoisotopic (exact) mass is 393 g/mol. The van der Waals surface area contributed by atoms with E-state index in [1.165, 1.54) is 0 Å². The van der Waals surface area contributed by atoms with Gasteiger partial charge in [-0.15, -0.1) is 0 Å². The highest BCUT2D eigenvalue weighted by atomic mass is 127. The van der Waals surface area contributed by atoms with E-state index in [9.17, 15) is 4.79 Å². The van der Waals surface area contributed by atoms with Crippen molar-refractivity contribution in [1.29, 1.82) is 0 Å². The molecular formula is C12H13BrINO. The minimum absolute atomic E-state index is 0.119. The highest BCUT2D eigenvalue weighted by molar-refractivity contribution is 14.1. The highest BCUT2D eigenvalue weighted by Gasteiger charge is 2.36. The second kappa shape index (κ2) is 3.98. The summed E-state index contributed by atoms with van der Waals surface area (Å²) in [7, 11) is 0. The van der Waals surface area contributed by atoms with Gasteiger partial charge in [0.25, 0.3) is 5.91 Å². The van der Waals surface area contributed by atoms with Crippen LogP contribution in [0.25, 0.3) is 0 Å². The van der Waals surface area contributed by atoms with Crippen molar-refractivity contribution in [3.05, 3.63) is 31.3 Å². The third kappa shape index (κ3) is 2.01. The van der Waals surface area contributed by atoms with Crippen LogP contribution < -0.4 is 0 Å². The number of carbonyl (C=O) groups is 1. The Balaban J connectivity index is 2.51. The molecule has 2 nitrogen and oxygen atoms in total. The fourth-order valence-corrected chi connectivity index (χ4v) is 3.76. The van der Waals surface area contributed by atoms with Crippen LogP contribution in [0, 0.1) is 3.57 Å². The maximum atomic E-state index is 12.3. The lowest BCUT2D eigenvalue weighted by Crippen LogP contribution is -2.41. The number of fused-ring (bicyclic) bond motifs is 1. The molecule has 1 aromatic carbocycles. The van der Waals surface area contributed by atoms with E-state index in [0.29, 0.717) is 6.54 Å². The van der Waals surface area contributed by atoms with E-state index in [2.05, 4.69) is 59.3 Å².